The number of hydrogen-bond donors (Lipinski definition) is 2. The average Bonchev–Trinajstić information content (AvgIpc) is 2.96. The van der Waals surface area contributed by atoms with E-state index in [-0.39, 0.29) is 23.3 Å². The minimum absolute atomic E-state index is 0.116. The predicted molar refractivity (Wildman–Crippen MR) is 88.0 cm³/mol. The van der Waals surface area contributed by atoms with Crippen molar-refractivity contribution in [2.75, 3.05) is 11.9 Å². The molecule has 0 fully saturated rings. The molecule has 9 heteroatoms. The summed E-state index contributed by atoms with van der Waals surface area (Å²) in [4.78, 5) is 11.1. The van der Waals surface area contributed by atoms with Gasteiger partial charge in [0.2, 0.25) is 27.7 Å². The molecule has 1 aromatic heterocycles. The van der Waals surface area contributed by atoms with Crippen LogP contribution in [0.15, 0.2) is 33.6 Å². The summed E-state index contributed by atoms with van der Waals surface area (Å²) in [6.07, 6.45) is 0.308. The molecule has 0 spiro atoms. The van der Waals surface area contributed by atoms with Gasteiger partial charge in [0, 0.05) is 31.5 Å². The van der Waals surface area contributed by atoms with Crippen molar-refractivity contribution in [3.05, 3.63) is 36.0 Å². The van der Waals surface area contributed by atoms with Gasteiger partial charge >= 0.3 is 0 Å². The van der Waals surface area contributed by atoms with Crippen molar-refractivity contribution in [3.8, 4) is 0 Å². The first-order chi connectivity index (χ1) is 11.3. The Morgan fingerprint density at radius 3 is 2.42 bits per heavy atom. The summed E-state index contributed by atoms with van der Waals surface area (Å²) in [7, 11) is -3.64. The number of amides is 1. The van der Waals surface area contributed by atoms with Gasteiger partial charge < -0.3 is 9.73 Å². The third kappa shape index (κ3) is 4.87. The van der Waals surface area contributed by atoms with Crippen LogP contribution < -0.4 is 10.0 Å². The van der Waals surface area contributed by atoms with E-state index in [0.717, 1.165) is 0 Å². The van der Waals surface area contributed by atoms with E-state index in [0.29, 0.717) is 23.9 Å². The van der Waals surface area contributed by atoms with Gasteiger partial charge in [0.05, 0.1) is 4.90 Å². The molecule has 1 amide bonds. The van der Waals surface area contributed by atoms with Crippen LogP contribution in [0, 0.1) is 0 Å². The first kappa shape index (κ1) is 18.1. The lowest BCUT2D eigenvalue weighted by Gasteiger charge is -2.07. The van der Waals surface area contributed by atoms with Gasteiger partial charge in [0.1, 0.15) is 0 Å². The number of benzene rings is 1. The number of carbonyl (C=O) groups is 1. The Bertz CT molecular complexity index is 797. The molecule has 2 rings (SSSR count). The van der Waals surface area contributed by atoms with Crippen LogP contribution in [-0.2, 0) is 21.2 Å². The monoisotopic (exact) mass is 352 g/mol. The van der Waals surface area contributed by atoms with Gasteiger partial charge in [-0.05, 0) is 24.3 Å². The fourth-order valence-electron chi connectivity index (χ4n) is 1.90. The van der Waals surface area contributed by atoms with Crippen LogP contribution in [0.3, 0.4) is 0 Å². The predicted octanol–water partition coefficient (Wildman–Crippen LogP) is 1.67. The minimum Gasteiger partial charge on any atom is -0.425 e. The Hall–Kier alpha value is -2.26. The maximum Gasteiger partial charge on any atom is 0.240 e. The second-order valence-corrected chi connectivity index (χ2v) is 7.31. The molecule has 24 heavy (non-hydrogen) atoms. The molecule has 0 aliphatic carbocycles. The molecule has 2 N–H and O–H groups in total. The molecular formula is C15H20N4O4S. The van der Waals surface area contributed by atoms with Crippen LogP contribution in [0.5, 0.6) is 0 Å². The molecule has 1 aromatic carbocycles. The van der Waals surface area contributed by atoms with Crippen molar-refractivity contribution in [3.63, 3.8) is 0 Å². The van der Waals surface area contributed by atoms with Gasteiger partial charge in [-0.2, -0.15) is 0 Å². The zero-order valence-electron chi connectivity index (χ0n) is 13.7. The van der Waals surface area contributed by atoms with Crippen molar-refractivity contribution >= 4 is 21.6 Å². The van der Waals surface area contributed by atoms with E-state index in [4.69, 9.17) is 4.42 Å². The van der Waals surface area contributed by atoms with E-state index in [1.165, 1.54) is 31.2 Å². The lowest BCUT2D eigenvalue weighted by Crippen LogP contribution is -2.26. The van der Waals surface area contributed by atoms with Gasteiger partial charge in [0.25, 0.3) is 0 Å². The van der Waals surface area contributed by atoms with Gasteiger partial charge in [-0.25, -0.2) is 13.1 Å². The summed E-state index contributed by atoms with van der Waals surface area (Å²) in [5, 5.41) is 10.3. The molecule has 1 heterocycles. The number of aromatic nitrogens is 2. The largest absolute Gasteiger partial charge is 0.425 e. The van der Waals surface area contributed by atoms with Crippen molar-refractivity contribution < 1.29 is 17.6 Å². The quantitative estimate of drug-likeness (QED) is 0.783. The van der Waals surface area contributed by atoms with Crippen LogP contribution in [0.2, 0.25) is 0 Å². The number of carbonyl (C=O) groups excluding carboxylic acids is 1. The van der Waals surface area contributed by atoms with E-state index in [1.807, 2.05) is 13.8 Å². The van der Waals surface area contributed by atoms with E-state index < -0.39 is 10.0 Å². The maximum atomic E-state index is 12.2. The first-order valence-electron chi connectivity index (χ1n) is 7.47. The molecule has 0 aliphatic rings. The summed E-state index contributed by atoms with van der Waals surface area (Å²) < 4.78 is 32.3. The van der Waals surface area contributed by atoms with Crippen LogP contribution in [0.1, 0.15) is 38.5 Å². The normalized spacial score (nSPS) is 11.7. The first-order valence-corrected chi connectivity index (χ1v) is 8.96. The van der Waals surface area contributed by atoms with Crippen molar-refractivity contribution in [1.82, 2.24) is 14.9 Å². The van der Waals surface area contributed by atoms with Crippen molar-refractivity contribution in [2.24, 2.45) is 0 Å². The number of anilines is 1. The highest BCUT2D eigenvalue weighted by Gasteiger charge is 2.15. The number of sulfonamides is 1. The second kappa shape index (κ2) is 7.54. The number of hydrogen-bond acceptors (Lipinski definition) is 6. The van der Waals surface area contributed by atoms with Crippen LogP contribution in [0.25, 0.3) is 0 Å². The topological polar surface area (TPSA) is 114 Å². The Balaban J connectivity index is 1.94. The Morgan fingerprint density at radius 1 is 1.21 bits per heavy atom. The molecule has 2 aromatic rings. The molecule has 0 unspecified atom stereocenters. The third-order valence-corrected chi connectivity index (χ3v) is 4.57. The Morgan fingerprint density at radius 2 is 1.88 bits per heavy atom. The molecular weight excluding hydrogens is 332 g/mol. The Labute approximate surface area is 140 Å². The summed E-state index contributed by atoms with van der Waals surface area (Å²) in [5.41, 5.74) is 0.536. The number of nitrogens with zero attached hydrogens (tertiary/aromatic N) is 2. The lowest BCUT2D eigenvalue weighted by atomic mass is 10.2. The third-order valence-electron chi connectivity index (χ3n) is 3.09. The zero-order valence-corrected chi connectivity index (χ0v) is 14.6. The number of nitrogens with one attached hydrogen (secondary N) is 2. The molecule has 8 nitrogen and oxygen atoms in total. The van der Waals surface area contributed by atoms with E-state index in [2.05, 4.69) is 20.2 Å². The van der Waals surface area contributed by atoms with Gasteiger partial charge in [0.15, 0.2) is 0 Å². The highest BCUT2D eigenvalue weighted by atomic mass is 32.2. The van der Waals surface area contributed by atoms with Crippen molar-refractivity contribution in [1.29, 1.82) is 0 Å². The highest BCUT2D eigenvalue weighted by molar-refractivity contribution is 7.89. The summed E-state index contributed by atoms with van der Waals surface area (Å²) in [5.74, 6) is 0.831. The standard InChI is InChI=1S/C15H20N4O4S/c1-10(2)15-19-18-14(23-15)8-9-16-24(21,22)13-6-4-12(5-7-13)17-11(3)20/h4-7,10,16H,8-9H2,1-3H3,(H,17,20). The molecule has 0 saturated heterocycles. The van der Waals surface area contributed by atoms with Gasteiger partial charge in [-0.1, -0.05) is 13.8 Å². The van der Waals surface area contributed by atoms with Crippen LogP contribution >= 0.6 is 0 Å². The minimum atomic E-state index is -3.64. The molecule has 0 atom stereocenters. The summed E-state index contributed by atoms with van der Waals surface area (Å²) in [6, 6.07) is 5.92. The zero-order chi connectivity index (χ0) is 17.7. The SMILES string of the molecule is CC(=O)Nc1ccc(S(=O)(=O)NCCc2nnc(C(C)C)o2)cc1. The van der Waals surface area contributed by atoms with E-state index in [1.54, 1.807) is 0 Å². The highest BCUT2D eigenvalue weighted by Crippen LogP contribution is 2.14. The van der Waals surface area contributed by atoms with Crippen molar-refractivity contribution in [2.45, 2.75) is 38.0 Å². The average molecular weight is 352 g/mol. The molecule has 130 valence electrons. The van der Waals surface area contributed by atoms with Gasteiger partial charge in [-0.15, -0.1) is 10.2 Å². The molecule has 0 saturated carbocycles. The lowest BCUT2D eigenvalue weighted by molar-refractivity contribution is -0.114. The van der Waals surface area contributed by atoms with E-state index >= 15 is 0 Å². The molecule has 0 radical (unpaired) electrons. The van der Waals surface area contributed by atoms with Crippen LogP contribution in [-0.4, -0.2) is 31.1 Å². The fraction of sp³-hybridized carbons (Fsp3) is 0.400. The van der Waals surface area contributed by atoms with E-state index in [9.17, 15) is 13.2 Å². The summed E-state index contributed by atoms with van der Waals surface area (Å²) in [6.45, 7) is 5.40. The van der Waals surface area contributed by atoms with Crippen LogP contribution in [0.4, 0.5) is 5.69 Å². The fourth-order valence-corrected chi connectivity index (χ4v) is 2.93. The second-order valence-electron chi connectivity index (χ2n) is 5.54. The maximum absolute atomic E-state index is 12.2. The molecule has 0 bridgehead atoms. The summed E-state index contributed by atoms with van der Waals surface area (Å²) >= 11 is 0. The smallest absolute Gasteiger partial charge is 0.240 e. The van der Waals surface area contributed by atoms with Gasteiger partial charge in [-0.3, -0.25) is 4.79 Å². The molecule has 0 aliphatic heterocycles. The number of rotatable bonds is 7. The Kier molecular flexibility index (Phi) is 5.68.